The summed E-state index contributed by atoms with van der Waals surface area (Å²) in [7, 11) is -3.19. The minimum Gasteiger partial charge on any atom is -0.392 e. The van der Waals surface area contributed by atoms with Gasteiger partial charge in [0.2, 0.25) is 0 Å². The van der Waals surface area contributed by atoms with E-state index >= 15 is 0 Å². The molecule has 1 spiro atoms. The molecule has 0 atom stereocenters. The van der Waals surface area contributed by atoms with Crippen LogP contribution in [0.3, 0.4) is 0 Å². The number of sulfone groups is 1. The summed E-state index contributed by atoms with van der Waals surface area (Å²) in [5.74, 6) is 0. The summed E-state index contributed by atoms with van der Waals surface area (Å²) in [6, 6.07) is 15.2. The maximum Gasteiger partial charge on any atom is 0.175 e. The molecule has 134 valence electrons. The lowest BCUT2D eigenvalue weighted by Crippen LogP contribution is -2.22. The lowest BCUT2D eigenvalue weighted by atomic mass is 9.70. The van der Waals surface area contributed by atoms with E-state index in [0.29, 0.717) is 4.90 Å². The summed E-state index contributed by atoms with van der Waals surface area (Å²) < 4.78 is 23.4. The van der Waals surface area contributed by atoms with Crippen LogP contribution in [0.2, 0.25) is 0 Å². The highest BCUT2D eigenvalue weighted by atomic mass is 32.2. The van der Waals surface area contributed by atoms with Gasteiger partial charge in [0.25, 0.3) is 0 Å². The molecule has 1 fully saturated rings. The molecular formula is C22H22O3S. The minimum atomic E-state index is -3.19. The van der Waals surface area contributed by atoms with Crippen molar-refractivity contribution in [2.45, 2.75) is 30.8 Å². The van der Waals surface area contributed by atoms with Gasteiger partial charge in [-0.05, 0) is 52.8 Å². The van der Waals surface area contributed by atoms with Gasteiger partial charge in [-0.1, -0.05) is 55.0 Å². The van der Waals surface area contributed by atoms with E-state index in [-0.39, 0.29) is 12.0 Å². The number of hydrogen-bond acceptors (Lipinski definition) is 3. The largest absolute Gasteiger partial charge is 0.392 e. The molecule has 0 heterocycles. The third-order valence-corrected chi connectivity index (χ3v) is 6.61. The molecule has 0 aromatic heterocycles. The Morgan fingerprint density at radius 2 is 1.38 bits per heavy atom. The lowest BCUT2D eigenvalue weighted by Gasteiger charge is -2.34. The maximum absolute atomic E-state index is 11.7. The van der Waals surface area contributed by atoms with E-state index in [0.717, 1.165) is 29.5 Å². The molecule has 3 nitrogen and oxygen atoms in total. The van der Waals surface area contributed by atoms with E-state index < -0.39 is 9.84 Å². The molecule has 0 radical (unpaired) electrons. The van der Waals surface area contributed by atoms with E-state index in [1.165, 1.54) is 23.8 Å². The zero-order chi connectivity index (χ0) is 18.4. The number of allylic oxidation sites excluding steroid dienone is 4. The van der Waals surface area contributed by atoms with E-state index in [9.17, 15) is 13.5 Å². The monoisotopic (exact) mass is 366 g/mol. The first-order valence-corrected chi connectivity index (χ1v) is 10.8. The maximum atomic E-state index is 11.7. The third-order valence-electron chi connectivity index (χ3n) is 5.48. The fraction of sp³-hybridized carbons (Fsp3) is 0.273. The van der Waals surface area contributed by atoms with E-state index in [1.807, 2.05) is 36.4 Å². The average Bonchev–Trinajstić information content (AvgIpc) is 3.03. The number of rotatable bonds is 4. The van der Waals surface area contributed by atoms with Gasteiger partial charge in [-0.3, -0.25) is 0 Å². The van der Waals surface area contributed by atoms with Gasteiger partial charge in [-0.15, -0.1) is 0 Å². The van der Waals surface area contributed by atoms with Crippen LogP contribution in [0.5, 0.6) is 0 Å². The summed E-state index contributed by atoms with van der Waals surface area (Å²) in [6.45, 7) is 0.0406. The van der Waals surface area contributed by atoms with Crippen molar-refractivity contribution in [3.8, 4) is 0 Å². The van der Waals surface area contributed by atoms with Gasteiger partial charge < -0.3 is 5.11 Å². The number of hydrogen-bond donors (Lipinski definition) is 1. The van der Waals surface area contributed by atoms with Crippen LogP contribution in [0, 0.1) is 5.41 Å². The zero-order valence-electron chi connectivity index (χ0n) is 14.8. The van der Waals surface area contributed by atoms with E-state index in [2.05, 4.69) is 12.2 Å². The van der Waals surface area contributed by atoms with Gasteiger partial charge in [0.15, 0.2) is 9.84 Å². The van der Waals surface area contributed by atoms with Gasteiger partial charge in [0.05, 0.1) is 11.5 Å². The van der Waals surface area contributed by atoms with Gasteiger partial charge in [-0.2, -0.15) is 0 Å². The summed E-state index contributed by atoms with van der Waals surface area (Å²) in [4.78, 5) is 0.344. The Morgan fingerprint density at radius 3 is 1.77 bits per heavy atom. The predicted molar refractivity (Wildman–Crippen MR) is 104 cm³/mol. The van der Waals surface area contributed by atoms with Gasteiger partial charge in [-0.25, -0.2) is 8.42 Å². The Kier molecular flexibility index (Phi) is 4.13. The Balaban J connectivity index is 1.75. The summed E-state index contributed by atoms with van der Waals surface area (Å²) in [6.07, 6.45) is 9.51. The highest BCUT2D eigenvalue weighted by Crippen LogP contribution is 2.53. The first kappa shape index (κ1) is 17.3. The highest BCUT2D eigenvalue weighted by molar-refractivity contribution is 7.90. The molecule has 2 aromatic carbocycles. The van der Waals surface area contributed by atoms with Crippen LogP contribution in [0.4, 0.5) is 0 Å². The SMILES string of the molecule is CS(=O)(=O)c1ccc(C2=CC3(C=C2c2ccc(CO)cc2)CCC3)cc1. The number of aliphatic hydroxyl groups excluding tert-OH is 1. The first-order chi connectivity index (χ1) is 12.4. The molecule has 0 unspecified atom stereocenters. The standard InChI is InChI=1S/C22H22O3S/c1-26(24,25)19-9-7-18(8-10-19)21-14-22(11-2-12-22)13-20(21)17-5-3-16(15-23)4-6-17/h3-10,13-14,23H,2,11-12,15H2,1H3. The molecule has 0 saturated heterocycles. The molecule has 0 amide bonds. The smallest absolute Gasteiger partial charge is 0.175 e. The van der Waals surface area contributed by atoms with Crippen LogP contribution in [-0.4, -0.2) is 19.8 Å². The van der Waals surface area contributed by atoms with Crippen molar-refractivity contribution < 1.29 is 13.5 Å². The lowest BCUT2D eigenvalue weighted by molar-refractivity contribution is 0.281. The predicted octanol–water partition coefficient (Wildman–Crippen LogP) is 4.23. The number of aliphatic hydroxyl groups is 1. The van der Waals surface area contributed by atoms with Crippen molar-refractivity contribution in [3.05, 3.63) is 77.4 Å². The third kappa shape index (κ3) is 3.04. The van der Waals surface area contributed by atoms with Crippen molar-refractivity contribution in [3.63, 3.8) is 0 Å². The Hall–Kier alpha value is -2.17. The minimum absolute atomic E-state index is 0.0406. The van der Waals surface area contributed by atoms with Crippen molar-refractivity contribution >= 4 is 21.0 Å². The van der Waals surface area contributed by atoms with E-state index in [4.69, 9.17) is 0 Å². The van der Waals surface area contributed by atoms with Gasteiger partial charge in [0, 0.05) is 11.7 Å². The highest BCUT2D eigenvalue weighted by Gasteiger charge is 2.38. The fourth-order valence-corrected chi connectivity index (χ4v) is 4.43. The summed E-state index contributed by atoms with van der Waals surface area (Å²) >= 11 is 0. The molecule has 4 heteroatoms. The Morgan fingerprint density at radius 1 is 0.885 bits per heavy atom. The molecule has 2 aliphatic rings. The van der Waals surface area contributed by atoms with Crippen molar-refractivity contribution in [2.75, 3.05) is 6.26 Å². The van der Waals surface area contributed by atoms with Crippen molar-refractivity contribution in [2.24, 2.45) is 5.41 Å². The van der Waals surface area contributed by atoms with Gasteiger partial charge in [0.1, 0.15) is 0 Å². The van der Waals surface area contributed by atoms with Crippen LogP contribution < -0.4 is 0 Å². The number of benzene rings is 2. The van der Waals surface area contributed by atoms with Crippen molar-refractivity contribution in [1.82, 2.24) is 0 Å². The average molecular weight is 366 g/mol. The normalized spacial score (nSPS) is 18.4. The molecule has 2 aromatic rings. The van der Waals surface area contributed by atoms with Crippen molar-refractivity contribution in [1.29, 1.82) is 0 Å². The van der Waals surface area contributed by atoms with Gasteiger partial charge >= 0.3 is 0 Å². The van der Waals surface area contributed by atoms with Crippen LogP contribution >= 0.6 is 0 Å². The summed E-state index contributed by atoms with van der Waals surface area (Å²) in [5.41, 5.74) is 5.58. The Bertz CT molecular complexity index is 990. The Labute approximate surface area is 154 Å². The van der Waals surface area contributed by atoms with Crippen LogP contribution in [0.1, 0.15) is 36.0 Å². The molecule has 4 rings (SSSR count). The molecule has 0 aliphatic heterocycles. The van der Waals surface area contributed by atoms with Crippen LogP contribution in [0.15, 0.2) is 65.6 Å². The fourth-order valence-electron chi connectivity index (χ4n) is 3.79. The molecular weight excluding hydrogens is 344 g/mol. The zero-order valence-corrected chi connectivity index (χ0v) is 15.6. The van der Waals surface area contributed by atoms with Crippen LogP contribution in [-0.2, 0) is 16.4 Å². The second kappa shape index (κ2) is 6.22. The molecule has 2 aliphatic carbocycles. The second-order valence-electron chi connectivity index (χ2n) is 7.35. The molecule has 1 N–H and O–H groups in total. The molecule has 1 saturated carbocycles. The summed E-state index contributed by atoms with van der Waals surface area (Å²) in [5, 5.41) is 9.27. The van der Waals surface area contributed by atoms with E-state index in [1.54, 1.807) is 12.1 Å². The van der Waals surface area contributed by atoms with Crippen LogP contribution in [0.25, 0.3) is 11.1 Å². The molecule has 26 heavy (non-hydrogen) atoms. The molecule has 0 bridgehead atoms. The first-order valence-electron chi connectivity index (χ1n) is 8.87. The quantitative estimate of drug-likeness (QED) is 0.881. The second-order valence-corrected chi connectivity index (χ2v) is 9.37. The topological polar surface area (TPSA) is 54.4 Å².